The van der Waals surface area contributed by atoms with Gasteiger partial charge in [0.1, 0.15) is 6.04 Å². The van der Waals surface area contributed by atoms with E-state index in [1.807, 2.05) is 47.4 Å². The number of rotatable bonds is 13. The molecule has 2 fully saturated rings. The number of nitrogens with two attached hydrogens (primary N) is 3. The van der Waals surface area contributed by atoms with E-state index in [-0.39, 0.29) is 42.3 Å². The van der Waals surface area contributed by atoms with Crippen molar-refractivity contribution < 1.29 is 19.2 Å². The van der Waals surface area contributed by atoms with Crippen LogP contribution in [0.15, 0.2) is 47.5 Å². The highest BCUT2D eigenvalue weighted by molar-refractivity contribution is 5.95. The van der Waals surface area contributed by atoms with Crippen molar-refractivity contribution >= 4 is 40.2 Å². The molecule has 7 N–H and O–H groups in total. The summed E-state index contributed by atoms with van der Waals surface area (Å²) >= 11 is 0. The lowest BCUT2D eigenvalue weighted by molar-refractivity contribution is -0.140. The molecule has 2 aliphatic rings. The Hall–Kier alpha value is -3.99. The van der Waals surface area contributed by atoms with Crippen molar-refractivity contribution in [1.82, 2.24) is 15.1 Å². The van der Waals surface area contributed by atoms with Crippen molar-refractivity contribution in [2.45, 2.75) is 82.3 Å². The molecule has 232 valence electrons. The van der Waals surface area contributed by atoms with Crippen LogP contribution in [0, 0.1) is 0 Å². The lowest BCUT2D eigenvalue weighted by Gasteiger charge is -2.29. The van der Waals surface area contributed by atoms with Gasteiger partial charge in [0.05, 0.1) is 12.1 Å². The van der Waals surface area contributed by atoms with Crippen molar-refractivity contribution in [2.24, 2.45) is 22.2 Å². The number of likely N-dealkylation sites (tertiary alicyclic amines) is 2. The second-order valence-corrected chi connectivity index (χ2v) is 11.6. The molecule has 3 amide bonds. The Balaban J connectivity index is 1.37. The third-order valence-corrected chi connectivity index (χ3v) is 8.37. The van der Waals surface area contributed by atoms with Crippen LogP contribution in [0.3, 0.4) is 0 Å². The first kappa shape index (κ1) is 31.9. The van der Waals surface area contributed by atoms with Gasteiger partial charge in [-0.3, -0.25) is 24.2 Å². The molecule has 0 saturated carbocycles. The van der Waals surface area contributed by atoms with E-state index in [2.05, 4.69) is 10.3 Å². The van der Waals surface area contributed by atoms with Crippen molar-refractivity contribution in [3.05, 3.63) is 48.0 Å². The zero-order valence-corrected chi connectivity index (χ0v) is 24.9. The number of benzene rings is 2. The Morgan fingerprint density at radius 3 is 2.42 bits per heavy atom. The normalized spacial score (nSPS) is 18.2. The molecule has 0 unspecified atom stereocenters. The molecule has 0 aromatic heterocycles. The third kappa shape index (κ3) is 9.00. The van der Waals surface area contributed by atoms with Crippen LogP contribution in [-0.4, -0.2) is 83.6 Å². The minimum absolute atomic E-state index is 0.0342. The van der Waals surface area contributed by atoms with Gasteiger partial charge in [-0.1, -0.05) is 42.5 Å². The highest BCUT2D eigenvalue weighted by Gasteiger charge is 2.37. The van der Waals surface area contributed by atoms with E-state index in [0.29, 0.717) is 45.2 Å². The number of carbonyl (C=O) groups excluding carboxylic acids is 4. The number of nitrogens with one attached hydrogen (secondary N) is 1. The lowest BCUT2D eigenvalue weighted by Crippen LogP contribution is -2.54. The predicted octanol–water partition coefficient (Wildman–Crippen LogP) is 1.60. The second-order valence-electron chi connectivity index (χ2n) is 11.6. The molecule has 2 aromatic carbocycles. The smallest absolute Gasteiger partial charge is 0.243 e. The Kier molecular flexibility index (Phi) is 11.5. The number of amides is 3. The van der Waals surface area contributed by atoms with E-state index in [9.17, 15) is 19.2 Å². The van der Waals surface area contributed by atoms with Gasteiger partial charge in [-0.2, -0.15) is 0 Å². The zero-order valence-electron chi connectivity index (χ0n) is 24.9. The van der Waals surface area contributed by atoms with Gasteiger partial charge in [-0.05, 0) is 67.7 Å². The fourth-order valence-electron chi connectivity index (χ4n) is 6.01. The van der Waals surface area contributed by atoms with Crippen LogP contribution in [-0.2, 0) is 25.6 Å². The SMILES string of the molecule is NC(N)=NCCC[C@H](NC(=O)[C@@H]1CCCN1C(=O)[C@H](N)Cc1ccc2ccccc2c1)C(=O)CCC(=O)N1CCCCC1. The number of ketones is 1. The molecular formula is C32H45N7O4. The van der Waals surface area contributed by atoms with Crippen molar-refractivity contribution in [1.29, 1.82) is 0 Å². The first-order chi connectivity index (χ1) is 20.7. The van der Waals surface area contributed by atoms with Crippen LogP contribution in [0.4, 0.5) is 0 Å². The number of carbonyl (C=O) groups is 4. The number of aliphatic imine (C=N–C) groups is 1. The first-order valence-electron chi connectivity index (χ1n) is 15.4. The molecule has 2 heterocycles. The molecule has 2 aliphatic heterocycles. The highest BCUT2D eigenvalue weighted by atomic mass is 16.2. The van der Waals surface area contributed by atoms with Gasteiger partial charge in [0, 0.05) is 39.0 Å². The van der Waals surface area contributed by atoms with E-state index >= 15 is 0 Å². The van der Waals surface area contributed by atoms with Crippen molar-refractivity contribution in [3.63, 3.8) is 0 Å². The molecule has 11 nitrogen and oxygen atoms in total. The quantitative estimate of drug-likeness (QED) is 0.155. The molecule has 0 bridgehead atoms. The van der Waals surface area contributed by atoms with Gasteiger partial charge in [0.15, 0.2) is 11.7 Å². The third-order valence-electron chi connectivity index (χ3n) is 8.37. The Bertz CT molecular complexity index is 1320. The van der Waals surface area contributed by atoms with Gasteiger partial charge in [0.2, 0.25) is 17.7 Å². The summed E-state index contributed by atoms with van der Waals surface area (Å²) < 4.78 is 0. The maximum Gasteiger partial charge on any atom is 0.243 e. The maximum atomic E-state index is 13.5. The van der Waals surface area contributed by atoms with E-state index in [1.165, 1.54) is 0 Å². The summed E-state index contributed by atoms with van der Waals surface area (Å²) in [6.07, 6.45) is 5.51. The molecule has 43 heavy (non-hydrogen) atoms. The number of hydrogen-bond donors (Lipinski definition) is 4. The zero-order chi connectivity index (χ0) is 30.8. The second kappa shape index (κ2) is 15.5. The fourth-order valence-corrected chi connectivity index (χ4v) is 6.01. The molecule has 0 radical (unpaired) electrons. The number of Topliss-reactive ketones (excluding diaryl/α,β-unsaturated/α-hetero) is 1. The van der Waals surface area contributed by atoms with E-state index < -0.39 is 18.1 Å². The highest BCUT2D eigenvalue weighted by Crippen LogP contribution is 2.21. The summed E-state index contributed by atoms with van der Waals surface area (Å²) in [6.45, 7) is 2.18. The Labute approximate surface area is 253 Å². The van der Waals surface area contributed by atoms with E-state index in [4.69, 9.17) is 17.2 Å². The molecular weight excluding hydrogens is 546 g/mol. The first-order valence-corrected chi connectivity index (χ1v) is 15.4. The minimum atomic E-state index is -0.806. The molecule has 0 aliphatic carbocycles. The number of hydrogen-bond acceptors (Lipinski definition) is 6. The number of fused-ring (bicyclic) bond motifs is 1. The van der Waals surface area contributed by atoms with Gasteiger partial charge < -0.3 is 32.3 Å². The van der Waals surface area contributed by atoms with Gasteiger partial charge in [-0.25, -0.2) is 0 Å². The summed E-state index contributed by atoms with van der Waals surface area (Å²) in [7, 11) is 0. The monoisotopic (exact) mass is 591 g/mol. The summed E-state index contributed by atoms with van der Waals surface area (Å²) in [6, 6.07) is 11.7. The van der Waals surface area contributed by atoms with E-state index in [0.717, 1.165) is 48.7 Å². The molecule has 0 spiro atoms. The Morgan fingerprint density at radius 1 is 0.930 bits per heavy atom. The summed E-state index contributed by atoms with van der Waals surface area (Å²) in [4.78, 5) is 60.2. The van der Waals surface area contributed by atoms with Crippen molar-refractivity contribution in [2.75, 3.05) is 26.2 Å². The van der Waals surface area contributed by atoms with Crippen LogP contribution in [0.25, 0.3) is 10.8 Å². The van der Waals surface area contributed by atoms with Crippen LogP contribution >= 0.6 is 0 Å². The molecule has 2 aromatic rings. The fraction of sp³-hybridized carbons (Fsp3) is 0.531. The van der Waals surface area contributed by atoms with Gasteiger partial charge in [0.25, 0.3) is 0 Å². The van der Waals surface area contributed by atoms with Crippen LogP contribution in [0.2, 0.25) is 0 Å². The average molecular weight is 592 g/mol. The van der Waals surface area contributed by atoms with Crippen LogP contribution < -0.4 is 22.5 Å². The topological polar surface area (TPSA) is 177 Å². The standard InChI is InChI=1S/C32H45N7O4/c33-25(21-22-12-13-23-8-2-3-9-24(23)20-22)31(43)39-19-7-11-27(39)30(42)37-26(10-6-16-36-32(34)35)28(40)14-15-29(41)38-17-4-1-5-18-38/h2-3,8-9,12-13,20,25-27H,1,4-7,10-11,14-19,21,33H2,(H,37,42)(H4,34,35,36)/t25-,26+,27+/m1/s1. The van der Waals surface area contributed by atoms with Crippen LogP contribution in [0.5, 0.6) is 0 Å². The van der Waals surface area contributed by atoms with Crippen LogP contribution in [0.1, 0.15) is 63.4 Å². The van der Waals surface area contributed by atoms with Crippen molar-refractivity contribution in [3.8, 4) is 0 Å². The summed E-state index contributed by atoms with van der Waals surface area (Å²) in [5.41, 5.74) is 18.2. The van der Waals surface area contributed by atoms with Gasteiger partial charge in [-0.15, -0.1) is 0 Å². The summed E-state index contributed by atoms with van der Waals surface area (Å²) in [5, 5.41) is 5.07. The van der Waals surface area contributed by atoms with Gasteiger partial charge >= 0.3 is 0 Å². The molecule has 2 saturated heterocycles. The molecule has 11 heteroatoms. The average Bonchev–Trinajstić information content (AvgIpc) is 3.51. The Morgan fingerprint density at radius 2 is 1.67 bits per heavy atom. The number of nitrogens with zero attached hydrogens (tertiary/aromatic N) is 3. The molecule has 4 rings (SSSR count). The number of guanidine groups is 1. The maximum absolute atomic E-state index is 13.5. The van der Waals surface area contributed by atoms with E-state index in [1.54, 1.807) is 4.90 Å². The number of piperidine rings is 1. The molecule has 3 atom stereocenters. The lowest BCUT2D eigenvalue weighted by atomic mass is 10.0. The predicted molar refractivity (Wildman–Crippen MR) is 167 cm³/mol. The minimum Gasteiger partial charge on any atom is -0.370 e. The largest absolute Gasteiger partial charge is 0.370 e. The summed E-state index contributed by atoms with van der Waals surface area (Å²) in [5.74, 6) is -0.960.